The molecule has 0 aliphatic heterocycles. The maximum atomic E-state index is 11.9. The maximum Gasteiger partial charge on any atom is 0.251 e. The normalized spacial score (nSPS) is 12.2. The first-order valence-corrected chi connectivity index (χ1v) is 6.90. The summed E-state index contributed by atoms with van der Waals surface area (Å²) in [5.41, 5.74) is 2.89. The minimum atomic E-state index is -0.0224. The molecule has 1 aromatic carbocycles. The van der Waals surface area contributed by atoms with Gasteiger partial charge in [0, 0.05) is 24.3 Å². The van der Waals surface area contributed by atoms with E-state index in [1.807, 2.05) is 41.9 Å². The molecular formula is C16H21N3O. The number of amides is 1. The van der Waals surface area contributed by atoms with Crippen molar-refractivity contribution in [2.45, 2.75) is 27.3 Å². The monoisotopic (exact) mass is 271 g/mol. The number of aromatic nitrogens is 2. The van der Waals surface area contributed by atoms with Gasteiger partial charge in [0.1, 0.15) is 0 Å². The first-order valence-electron chi connectivity index (χ1n) is 6.90. The van der Waals surface area contributed by atoms with Crippen LogP contribution in [0.2, 0.25) is 0 Å². The van der Waals surface area contributed by atoms with E-state index in [4.69, 9.17) is 0 Å². The summed E-state index contributed by atoms with van der Waals surface area (Å²) < 4.78 is 1.99. The second-order valence-electron chi connectivity index (χ2n) is 5.29. The minimum Gasteiger partial charge on any atom is -0.352 e. The van der Waals surface area contributed by atoms with Crippen LogP contribution in [0.5, 0.6) is 0 Å². The smallest absolute Gasteiger partial charge is 0.251 e. The lowest BCUT2D eigenvalue weighted by atomic mass is 10.1. The van der Waals surface area contributed by atoms with Crippen LogP contribution in [0.15, 0.2) is 36.4 Å². The highest BCUT2D eigenvalue weighted by Crippen LogP contribution is 2.06. The van der Waals surface area contributed by atoms with E-state index in [0.29, 0.717) is 18.0 Å². The summed E-state index contributed by atoms with van der Waals surface area (Å²) in [6, 6.07) is 11.3. The molecule has 0 aliphatic rings. The topological polar surface area (TPSA) is 46.9 Å². The predicted molar refractivity (Wildman–Crippen MR) is 79.6 cm³/mol. The first-order chi connectivity index (χ1) is 9.56. The minimum absolute atomic E-state index is 0.0224. The Balaban J connectivity index is 1.85. The standard InChI is InChI=1S/C16H21N3O/c1-12(11-19-14(3)9-13(2)18-19)10-17-16(20)15-7-5-4-6-8-15/h4-9,12H,10-11H2,1-3H3,(H,17,20)/t12-/m0/s1. The molecule has 0 aliphatic carbocycles. The Bertz CT molecular complexity index is 575. The van der Waals surface area contributed by atoms with E-state index >= 15 is 0 Å². The van der Waals surface area contributed by atoms with E-state index in [0.717, 1.165) is 17.9 Å². The fraction of sp³-hybridized carbons (Fsp3) is 0.375. The van der Waals surface area contributed by atoms with Crippen LogP contribution in [0.1, 0.15) is 28.7 Å². The van der Waals surface area contributed by atoms with Crippen LogP contribution >= 0.6 is 0 Å². The molecule has 2 rings (SSSR count). The van der Waals surface area contributed by atoms with Gasteiger partial charge in [-0.25, -0.2) is 0 Å². The fourth-order valence-corrected chi connectivity index (χ4v) is 2.18. The second kappa shape index (κ2) is 6.37. The summed E-state index contributed by atoms with van der Waals surface area (Å²) in [5.74, 6) is 0.312. The summed E-state index contributed by atoms with van der Waals surface area (Å²) in [4.78, 5) is 11.9. The molecule has 0 unspecified atom stereocenters. The molecule has 0 fully saturated rings. The van der Waals surface area contributed by atoms with E-state index in [9.17, 15) is 4.79 Å². The van der Waals surface area contributed by atoms with Crippen LogP contribution in [-0.2, 0) is 6.54 Å². The van der Waals surface area contributed by atoms with Crippen molar-refractivity contribution in [2.75, 3.05) is 6.54 Å². The number of hydrogen-bond acceptors (Lipinski definition) is 2. The Kier molecular flexibility index (Phi) is 4.56. The number of nitrogens with one attached hydrogen (secondary N) is 1. The van der Waals surface area contributed by atoms with Crippen molar-refractivity contribution in [3.63, 3.8) is 0 Å². The fourth-order valence-electron chi connectivity index (χ4n) is 2.18. The molecule has 2 aromatic rings. The first kappa shape index (κ1) is 14.3. The van der Waals surface area contributed by atoms with Gasteiger partial charge in [-0.2, -0.15) is 5.10 Å². The van der Waals surface area contributed by atoms with Crippen LogP contribution in [0.25, 0.3) is 0 Å². The van der Waals surface area contributed by atoms with Crippen LogP contribution in [0.4, 0.5) is 0 Å². The van der Waals surface area contributed by atoms with Gasteiger partial charge in [-0.1, -0.05) is 25.1 Å². The van der Waals surface area contributed by atoms with Gasteiger partial charge < -0.3 is 5.32 Å². The largest absolute Gasteiger partial charge is 0.352 e. The average Bonchev–Trinajstić information content (AvgIpc) is 2.75. The van der Waals surface area contributed by atoms with Crippen LogP contribution in [0.3, 0.4) is 0 Å². The number of rotatable bonds is 5. The molecule has 1 heterocycles. The molecule has 1 amide bonds. The van der Waals surface area contributed by atoms with Gasteiger partial charge >= 0.3 is 0 Å². The molecule has 0 saturated carbocycles. The van der Waals surface area contributed by atoms with Crippen molar-refractivity contribution in [2.24, 2.45) is 5.92 Å². The third kappa shape index (κ3) is 3.70. The zero-order valence-corrected chi connectivity index (χ0v) is 12.3. The Morgan fingerprint density at radius 3 is 2.60 bits per heavy atom. The number of nitrogens with zero attached hydrogens (tertiary/aromatic N) is 2. The van der Waals surface area contributed by atoms with Crippen LogP contribution in [0, 0.1) is 19.8 Å². The lowest BCUT2D eigenvalue weighted by Crippen LogP contribution is -2.30. The third-order valence-electron chi connectivity index (χ3n) is 3.24. The Morgan fingerprint density at radius 1 is 1.30 bits per heavy atom. The molecule has 106 valence electrons. The van der Waals surface area contributed by atoms with E-state index in [2.05, 4.69) is 30.3 Å². The van der Waals surface area contributed by atoms with Gasteiger partial charge in [-0.15, -0.1) is 0 Å². The van der Waals surface area contributed by atoms with Crippen LogP contribution < -0.4 is 5.32 Å². The molecule has 4 nitrogen and oxygen atoms in total. The quantitative estimate of drug-likeness (QED) is 0.908. The van der Waals surface area contributed by atoms with E-state index in [1.165, 1.54) is 0 Å². The highest BCUT2D eigenvalue weighted by atomic mass is 16.1. The van der Waals surface area contributed by atoms with Crippen molar-refractivity contribution >= 4 is 5.91 Å². The number of benzene rings is 1. The Hall–Kier alpha value is -2.10. The maximum absolute atomic E-state index is 11.9. The van der Waals surface area contributed by atoms with E-state index in [-0.39, 0.29) is 5.91 Å². The SMILES string of the molecule is Cc1cc(C)n(C[C@@H](C)CNC(=O)c2ccccc2)n1. The molecule has 4 heteroatoms. The van der Waals surface area contributed by atoms with Gasteiger partial charge in [0.25, 0.3) is 5.91 Å². The van der Waals surface area contributed by atoms with E-state index < -0.39 is 0 Å². The zero-order chi connectivity index (χ0) is 14.5. The van der Waals surface area contributed by atoms with Gasteiger partial charge in [0.2, 0.25) is 0 Å². The number of aryl methyl sites for hydroxylation is 2. The van der Waals surface area contributed by atoms with Gasteiger partial charge in [-0.3, -0.25) is 9.48 Å². The summed E-state index contributed by atoms with van der Waals surface area (Å²) >= 11 is 0. The van der Waals surface area contributed by atoms with Crippen molar-refractivity contribution < 1.29 is 4.79 Å². The lowest BCUT2D eigenvalue weighted by molar-refractivity contribution is 0.0946. The molecule has 1 aromatic heterocycles. The molecule has 0 spiro atoms. The zero-order valence-electron chi connectivity index (χ0n) is 12.3. The molecule has 0 bridgehead atoms. The Morgan fingerprint density at radius 2 is 2.00 bits per heavy atom. The Labute approximate surface area is 119 Å². The molecule has 0 radical (unpaired) electrons. The highest BCUT2D eigenvalue weighted by Gasteiger charge is 2.09. The summed E-state index contributed by atoms with van der Waals surface area (Å²) in [5, 5.41) is 7.40. The molecule has 1 N–H and O–H groups in total. The van der Waals surface area contributed by atoms with Gasteiger partial charge in [0.15, 0.2) is 0 Å². The van der Waals surface area contributed by atoms with E-state index in [1.54, 1.807) is 0 Å². The summed E-state index contributed by atoms with van der Waals surface area (Å²) in [7, 11) is 0. The van der Waals surface area contributed by atoms with Crippen molar-refractivity contribution in [1.29, 1.82) is 0 Å². The van der Waals surface area contributed by atoms with Crippen LogP contribution in [-0.4, -0.2) is 22.2 Å². The van der Waals surface area contributed by atoms with Gasteiger partial charge in [-0.05, 0) is 38.0 Å². The second-order valence-corrected chi connectivity index (χ2v) is 5.29. The molecule has 1 atom stereocenters. The number of carbonyl (C=O) groups is 1. The summed E-state index contributed by atoms with van der Waals surface area (Å²) in [6.07, 6.45) is 0. The molecule has 20 heavy (non-hydrogen) atoms. The lowest BCUT2D eigenvalue weighted by Gasteiger charge is -2.14. The van der Waals surface area contributed by atoms with Crippen molar-refractivity contribution in [3.8, 4) is 0 Å². The van der Waals surface area contributed by atoms with Gasteiger partial charge in [0.05, 0.1) is 5.69 Å². The summed E-state index contributed by atoms with van der Waals surface area (Å²) in [6.45, 7) is 7.61. The molecular weight excluding hydrogens is 250 g/mol. The van der Waals surface area contributed by atoms with Crippen molar-refractivity contribution in [1.82, 2.24) is 15.1 Å². The van der Waals surface area contributed by atoms with Crippen molar-refractivity contribution in [3.05, 3.63) is 53.3 Å². The number of carbonyl (C=O) groups excluding carboxylic acids is 1. The predicted octanol–water partition coefficient (Wildman–Crippen LogP) is 2.57. The molecule has 0 saturated heterocycles. The third-order valence-corrected chi connectivity index (χ3v) is 3.24. The highest BCUT2D eigenvalue weighted by molar-refractivity contribution is 5.94. The average molecular weight is 271 g/mol. The number of hydrogen-bond donors (Lipinski definition) is 1.